The molecule has 6 N–H and O–H groups in total. The van der Waals surface area contributed by atoms with Crippen LogP contribution in [0, 0.1) is 10.8 Å². The summed E-state index contributed by atoms with van der Waals surface area (Å²) in [5, 5.41) is 56.3. The van der Waals surface area contributed by atoms with Gasteiger partial charge in [-0.1, -0.05) is 0 Å². The molecule has 0 saturated heterocycles. The molecule has 128 valence electrons. The standard InChI is InChI=1S/C10H22O7S4/c11-1-7(2-12,3-13)9(18,19)17-10(20,21)8(4-14,5-15)6-16/h11-16,18-21H,1-6H2. The number of thiol groups is 4. The Morgan fingerprint density at radius 2 is 0.714 bits per heavy atom. The average Bonchev–Trinajstić information content (AvgIpc) is 2.42. The van der Waals surface area contributed by atoms with Gasteiger partial charge in [0.1, 0.15) is 0 Å². The smallest absolute Gasteiger partial charge is 0.170 e. The van der Waals surface area contributed by atoms with Crippen LogP contribution in [0.4, 0.5) is 0 Å². The van der Waals surface area contributed by atoms with E-state index in [9.17, 15) is 30.6 Å². The Balaban J connectivity index is 5.59. The van der Waals surface area contributed by atoms with Gasteiger partial charge >= 0.3 is 0 Å². The lowest BCUT2D eigenvalue weighted by molar-refractivity contribution is -0.151. The van der Waals surface area contributed by atoms with E-state index in [2.05, 4.69) is 50.5 Å². The molecule has 11 heteroatoms. The van der Waals surface area contributed by atoms with Gasteiger partial charge < -0.3 is 35.4 Å². The summed E-state index contributed by atoms with van der Waals surface area (Å²) in [6, 6.07) is 0. The predicted molar refractivity (Wildman–Crippen MR) is 89.9 cm³/mol. The summed E-state index contributed by atoms with van der Waals surface area (Å²) in [5.41, 5.74) is -3.36. The quantitative estimate of drug-likeness (QED) is 0.156. The first kappa shape index (κ1) is 22.1. The van der Waals surface area contributed by atoms with Crippen LogP contribution in [0.2, 0.25) is 0 Å². The molecule has 7 nitrogen and oxygen atoms in total. The first-order valence-corrected chi connectivity index (χ1v) is 7.61. The van der Waals surface area contributed by atoms with Crippen molar-refractivity contribution in [3.05, 3.63) is 0 Å². The summed E-state index contributed by atoms with van der Waals surface area (Å²) in [6.45, 7) is -4.36. The maximum absolute atomic E-state index is 9.39. The number of aliphatic hydroxyl groups excluding tert-OH is 6. The molecule has 0 saturated carbocycles. The molecule has 0 spiro atoms. The molecule has 0 atom stereocenters. The summed E-state index contributed by atoms with van der Waals surface area (Å²) < 4.78 is 1.51. The van der Waals surface area contributed by atoms with Crippen molar-refractivity contribution in [1.82, 2.24) is 0 Å². The van der Waals surface area contributed by atoms with Gasteiger partial charge in [0.25, 0.3) is 0 Å². The Hall–Kier alpha value is 1.12. The SMILES string of the molecule is OCC(CO)(CO)C(S)(S)OC(S)(S)C(CO)(CO)CO. The van der Waals surface area contributed by atoms with Crippen LogP contribution in [-0.2, 0) is 4.74 Å². The fraction of sp³-hybridized carbons (Fsp3) is 1.00. The molecule has 0 aliphatic carbocycles. The number of rotatable bonds is 10. The fourth-order valence-electron chi connectivity index (χ4n) is 1.33. The van der Waals surface area contributed by atoms with E-state index in [1.54, 1.807) is 0 Å². The van der Waals surface area contributed by atoms with Crippen molar-refractivity contribution in [2.45, 2.75) is 8.53 Å². The van der Waals surface area contributed by atoms with Crippen LogP contribution in [0.15, 0.2) is 0 Å². The van der Waals surface area contributed by atoms with Crippen LogP contribution in [-0.4, -0.2) is 78.8 Å². The number of hydrogen-bond acceptors (Lipinski definition) is 11. The Bertz CT molecular complexity index is 272. The van der Waals surface area contributed by atoms with E-state index >= 15 is 0 Å². The molecular formula is C10H22O7S4. The maximum Gasteiger partial charge on any atom is 0.170 e. The molecule has 21 heavy (non-hydrogen) atoms. The third-order valence-electron chi connectivity index (χ3n) is 3.48. The van der Waals surface area contributed by atoms with E-state index in [1.807, 2.05) is 0 Å². The molecule has 0 aliphatic rings. The lowest BCUT2D eigenvalue weighted by Gasteiger charge is -2.49. The third-order valence-corrected chi connectivity index (χ3v) is 5.74. The van der Waals surface area contributed by atoms with Crippen molar-refractivity contribution < 1.29 is 35.4 Å². The van der Waals surface area contributed by atoms with Crippen molar-refractivity contribution in [2.24, 2.45) is 10.8 Å². The largest absolute Gasteiger partial charge is 0.395 e. The molecular weight excluding hydrogens is 360 g/mol. The number of aliphatic hydroxyl groups is 6. The van der Waals surface area contributed by atoms with Crippen LogP contribution < -0.4 is 0 Å². The van der Waals surface area contributed by atoms with Gasteiger partial charge in [0, 0.05) is 0 Å². The Kier molecular flexibility index (Phi) is 8.73. The van der Waals surface area contributed by atoms with Gasteiger partial charge in [0.15, 0.2) is 8.53 Å². The fourth-order valence-corrected chi connectivity index (χ4v) is 3.02. The second-order valence-corrected chi connectivity index (χ2v) is 8.05. The third kappa shape index (κ3) is 4.15. The van der Waals surface area contributed by atoms with Crippen LogP contribution in [0.5, 0.6) is 0 Å². The van der Waals surface area contributed by atoms with Crippen LogP contribution >= 0.6 is 50.5 Å². The van der Waals surface area contributed by atoms with Gasteiger partial charge in [0.05, 0.1) is 50.5 Å². The Labute approximate surface area is 145 Å². The van der Waals surface area contributed by atoms with Gasteiger partial charge in [0.2, 0.25) is 0 Å². The highest BCUT2D eigenvalue weighted by molar-refractivity contribution is 8.01. The molecule has 0 unspecified atom stereocenters. The molecule has 0 rings (SSSR count). The second-order valence-electron chi connectivity index (χ2n) is 4.83. The summed E-state index contributed by atoms with van der Waals surface area (Å²) in [5.74, 6) is 0. The van der Waals surface area contributed by atoms with Gasteiger partial charge in [-0.2, -0.15) is 0 Å². The maximum atomic E-state index is 9.39. The summed E-state index contributed by atoms with van der Waals surface area (Å²) in [6.07, 6.45) is 0. The van der Waals surface area contributed by atoms with Gasteiger partial charge in [-0.15, -0.1) is 50.5 Å². The van der Waals surface area contributed by atoms with Crippen LogP contribution in [0.1, 0.15) is 0 Å². The Morgan fingerprint density at radius 1 is 0.524 bits per heavy atom. The van der Waals surface area contributed by atoms with E-state index in [0.29, 0.717) is 0 Å². The molecule has 0 fully saturated rings. The molecule has 0 radical (unpaired) electrons. The first-order chi connectivity index (χ1) is 9.57. The summed E-state index contributed by atoms with van der Waals surface area (Å²) in [7, 11) is 0. The van der Waals surface area contributed by atoms with E-state index in [0.717, 1.165) is 0 Å². The molecule has 0 aliphatic heterocycles. The van der Waals surface area contributed by atoms with Crippen molar-refractivity contribution >= 4 is 50.5 Å². The minimum Gasteiger partial charge on any atom is -0.395 e. The van der Waals surface area contributed by atoms with Crippen molar-refractivity contribution in [3.63, 3.8) is 0 Å². The van der Waals surface area contributed by atoms with E-state index in [1.165, 1.54) is 0 Å². The zero-order valence-electron chi connectivity index (χ0n) is 11.1. The zero-order chi connectivity index (χ0) is 16.9. The van der Waals surface area contributed by atoms with Crippen molar-refractivity contribution in [1.29, 1.82) is 0 Å². The average molecular weight is 383 g/mol. The molecule has 0 aromatic carbocycles. The normalized spacial score (nSPS) is 14.6. The van der Waals surface area contributed by atoms with Gasteiger partial charge in [-0.25, -0.2) is 0 Å². The molecule has 0 amide bonds. The van der Waals surface area contributed by atoms with E-state index in [-0.39, 0.29) is 0 Å². The number of ether oxygens (including phenoxy) is 1. The van der Waals surface area contributed by atoms with E-state index in [4.69, 9.17) is 4.74 Å². The lowest BCUT2D eigenvalue weighted by atomic mass is 9.89. The van der Waals surface area contributed by atoms with Crippen molar-refractivity contribution in [3.8, 4) is 0 Å². The number of hydrogen-bond donors (Lipinski definition) is 10. The minimum atomic E-state index is -1.94. The Morgan fingerprint density at radius 3 is 0.857 bits per heavy atom. The van der Waals surface area contributed by atoms with Crippen molar-refractivity contribution in [2.75, 3.05) is 39.6 Å². The highest BCUT2D eigenvalue weighted by Crippen LogP contribution is 2.50. The highest BCUT2D eigenvalue weighted by atomic mass is 32.2. The summed E-state index contributed by atoms with van der Waals surface area (Å²) >= 11 is 16.3. The summed E-state index contributed by atoms with van der Waals surface area (Å²) in [4.78, 5) is 0. The van der Waals surface area contributed by atoms with Crippen LogP contribution in [0.3, 0.4) is 0 Å². The van der Waals surface area contributed by atoms with Crippen LogP contribution in [0.25, 0.3) is 0 Å². The van der Waals surface area contributed by atoms with Gasteiger partial charge in [-0.05, 0) is 0 Å². The lowest BCUT2D eigenvalue weighted by Crippen LogP contribution is -2.58. The molecule has 0 aromatic rings. The molecule has 0 heterocycles. The predicted octanol–water partition coefficient (Wildman–Crippen LogP) is -2.04. The highest BCUT2D eigenvalue weighted by Gasteiger charge is 2.56. The van der Waals surface area contributed by atoms with Gasteiger partial charge in [-0.3, -0.25) is 0 Å². The zero-order valence-corrected chi connectivity index (χ0v) is 14.7. The topological polar surface area (TPSA) is 131 Å². The first-order valence-electron chi connectivity index (χ1n) is 5.82. The molecule has 0 bridgehead atoms. The second kappa shape index (κ2) is 8.29. The van der Waals surface area contributed by atoms with E-state index < -0.39 is 59.0 Å². The monoisotopic (exact) mass is 382 g/mol. The molecule has 0 aromatic heterocycles. The minimum absolute atomic E-state index is 0.727.